The molecule has 154 valence electrons. The second kappa shape index (κ2) is 8.28. The molecule has 0 bridgehead atoms. The summed E-state index contributed by atoms with van der Waals surface area (Å²) in [7, 11) is 0. The molecule has 1 heterocycles. The van der Waals surface area contributed by atoms with Crippen LogP contribution in [0.25, 0.3) is 11.3 Å². The van der Waals surface area contributed by atoms with Crippen molar-refractivity contribution < 1.29 is 9.59 Å². The number of urea groups is 1. The number of nitrogens with one attached hydrogen (secondary N) is 3. The van der Waals surface area contributed by atoms with Gasteiger partial charge in [-0.25, -0.2) is 9.78 Å². The van der Waals surface area contributed by atoms with Crippen LogP contribution in [0.15, 0.2) is 41.8 Å². The van der Waals surface area contributed by atoms with Gasteiger partial charge in [-0.3, -0.25) is 10.1 Å². The molecule has 1 fully saturated rings. The lowest BCUT2D eigenvalue weighted by atomic mass is 9.99. The van der Waals surface area contributed by atoms with Gasteiger partial charge in [0.25, 0.3) is 5.91 Å². The molecule has 3 N–H and O–H groups in total. The first-order chi connectivity index (χ1) is 14.4. The summed E-state index contributed by atoms with van der Waals surface area (Å²) in [6.07, 6.45) is 2.07. The minimum Gasteiger partial charge on any atom is -0.335 e. The summed E-state index contributed by atoms with van der Waals surface area (Å²) in [5.41, 5.74) is 6.72. The number of aromatic nitrogens is 1. The molecule has 3 amide bonds. The molecule has 7 heteroatoms. The van der Waals surface area contributed by atoms with Crippen LogP contribution in [0.1, 0.15) is 39.9 Å². The summed E-state index contributed by atoms with van der Waals surface area (Å²) in [6, 6.07) is 11.2. The number of carbonyl (C=O) groups excluding carboxylic acids is 2. The van der Waals surface area contributed by atoms with Crippen molar-refractivity contribution in [3.05, 3.63) is 64.0 Å². The summed E-state index contributed by atoms with van der Waals surface area (Å²) in [5, 5.41) is 11.0. The number of benzene rings is 2. The Morgan fingerprint density at radius 3 is 2.37 bits per heavy atom. The maximum atomic E-state index is 12.6. The summed E-state index contributed by atoms with van der Waals surface area (Å²) >= 11 is 1.40. The van der Waals surface area contributed by atoms with Crippen molar-refractivity contribution in [1.29, 1.82) is 0 Å². The molecule has 0 aliphatic heterocycles. The minimum absolute atomic E-state index is 0.216. The van der Waals surface area contributed by atoms with Gasteiger partial charge in [-0.1, -0.05) is 6.07 Å². The molecule has 6 nitrogen and oxygen atoms in total. The molecule has 0 spiro atoms. The van der Waals surface area contributed by atoms with Crippen LogP contribution >= 0.6 is 11.3 Å². The highest BCUT2D eigenvalue weighted by atomic mass is 32.1. The van der Waals surface area contributed by atoms with E-state index in [0.29, 0.717) is 22.4 Å². The van der Waals surface area contributed by atoms with Crippen LogP contribution in [0, 0.1) is 20.8 Å². The molecule has 30 heavy (non-hydrogen) atoms. The number of aryl methyl sites for hydroxylation is 3. The van der Waals surface area contributed by atoms with Gasteiger partial charge in [-0.2, -0.15) is 0 Å². The molecule has 0 saturated heterocycles. The van der Waals surface area contributed by atoms with Gasteiger partial charge >= 0.3 is 6.03 Å². The highest BCUT2D eigenvalue weighted by Crippen LogP contribution is 2.29. The Morgan fingerprint density at radius 2 is 1.67 bits per heavy atom. The maximum Gasteiger partial charge on any atom is 0.319 e. The molecule has 0 unspecified atom stereocenters. The number of rotatable bonds is 5. The van der Waals surface area contributed by atoms with Crippen LogP contribution in [0.4, 0.5) is 15.6 Å². The van der Waals surface area contributed by atoms with E-state index in [0.717, 1.165) is 29.7 Å². The van der Waals surface area contributed by atoms with Crippen molar-refractivity contribution >= 4 is 34.1 Å². The van der Waals surface area contributed by atoms with Crippen molar-refractivity contribution in [2.75, 3.05) is 10.6 Å². The molecule has 2 aromatic carbocycles. The predicted molar refractivity (Wildman–Crippen MR) is 121 cm³/mol. The normalized spacial score (nSPS) is 13.0. The Hall–Kier alpha value is -3.19. The third kappa shape index (κ3) is 4.68. The fourth-order valence-corrected chi connectivity index (χ4v) is 3.85. The number of anilines is 2. The number of thiazole rings is 1. The highest BCUT2D eigenvalue weighted by molar-refractivity contribution is 7.14. The van der Waals surface area contributed by atoms with E-state index in [-0.39, 0.29) is 11.9 Å². The van der Waals surface area contributed by atoms with Gasteiger partial charge in [-0.05, 0) is 80.6 Å². The van der Waals surface area contributed by atoms with Crippen molar-refractivity contribution in [3.8, 4) is 11.3 Å². The van der Waals surface area contributed by atoms with Crippen molar-refractivity contribution in [3.63, 3.8) is 0 Å². The fourth-order valence-electron chi connectivity index (χ4n) is 3.15. The molecule has 1 saturated carbocycles. The number of hydrogen-bond donors (Lipinski definition) is 3. The highest BCUT2D eigenvalue weighted by Gasteiger charge is 2.23. The van der Waals surface area contributed by atoms with E-state index in [1.165, 1.54) is 22.5 Å². The van der Waals surface area contributed by atoms with Crippen molar-refractivity contribution in [2.24, 2.45) is 0 Å². The van der Waals surface area contributed by atoms with Crippen LogP contribution < -0.4 is 16.0 Å². The zero-order chi connectivity index (χ0) is 21.3. The first-order valence-electron chi connectivity index (χ1n) is 9.92. The van der Waals surface area contributed by atoms with Gasteiger partial charge in [0.1, 0.15) is 0 Å². The van der Waals surface area contributed by atoms with Crippen LogP contribution in [0.3, 0.4) is 0 Å². The molecular formula is C23H24N4O2S. The second-order valence-electron chi connectivity index (χ2n) is 7.69. The average molecular weight is 421 g/mol. The number of hydrogen-bond acceptors (Lipinski definition) is 4. The Kier molecular flexibility index (Phi) is 5.55. The van der Waals surface area contributed by atoms with Crippen LogP contribution in [0.5, 0.6) is 0 Å². The average Bonchev–Trinajstić information content (AvgIpc) is 3.40. The van der Waals surface area contributed by atoms with Gasteiger partial charge in [0.15, 0.2) is 5.13 Å². The van der Waals surface area contributed by atoms with E-state index in [2.05, 4.69) is 53.8 Å². The number of amides is 3. The SMILES string of the molecule is Cc1cc(C)c(-c2csc(NC(=O)c3ccc(NC(=O)NC4CC4)cc3)n2)cc1C. The molecule has 1 aliphatic rings. The molecule has 1 aromatic heterocycles. The van der Waals surface area contributed by atoms with Gasteiger partial charge in [0.05, 0.1) is 5.69 Å². The van der Waals surface area contributed by atoms with E-state index >= 15 is 0 Å². The van der Waals surface area contributed by atoms with Gasteiger partial charge in [0, 0.05) is 28.2 Å². The lowest BCUT2D eigenvalue weighted by Crippen LogP contribution is -2.30. The summed E-state index contributed by atoms with van der Waals surface area (Å²) in [6.45, 7) is 6.25. The third-order valence-corrected chi connectivity index (χ3v) is 5.92. The van der Waals surface area contributed by atoms with E-state index < -0.39 is 0 Å². The lowest BCUT2D eigenvalue weighted by molar-refractivity contribution is 0.102. The molecule has 1 aliphatic carbocycles. The van der Waals surface area contributed by atoms with Gasteiger partial charge in [0.2, 0.25) is 0 Å². The summed E-state index contributed by atoms with van der Waals surface area (Å²) in [5.74, 6) is -0.235. The van der Waals surface area contributed by atoms with Crippen LogP contribution in [-0.2, 0) is 0 Å². The van der Waals surface area contributed by atoms with E-state index in [1.54, 1.807) is 24.3 Å². The maximum absolute atomic E-state index is 12.6. The smallest absolute Gasteiger partial charge is 0.319 e. The van der Waals surface area contributed by atoms with Crippen LogP contribution in [0.2, 0.25) is 0 Å². The summed E-state index contributed by atoms with van der Waals surface area (Å²) in [4.78, 5) is 29.0. The first-order valence-corrected chi connectivity index (χ1v) is 10.8. The Labute approximate surface area is 179 Å². The Balaban J connectivity index is 1.40. The number of nitrogens with zero attached hydrogens (tertiary/aromatic N) is 1. The Morgan fingerprint density at radius 1 is 0.967 bits per heavy atom. The zero-order valence-electron chi connectivity index (χ0n) is 17.2. The topological polar surface area (TPSA) is 83.1 Å². The van der Waals surface area contributed by atoms with E-state index in [9.17, 15) is 9.59 Å². The fraction of sp³-hybridized carbons (Fsp3) is 0.261. The first kappa shape index (κ1) is 20.1. The van der Waals surface area contributed by atoms with E-state index in [4.69, 9.17) is 0 Å². The molecule has 0 radical (unpaired) electrons. The van der Waals surface area contributed by atoms with E-state index in [1.807, 2.05) is 5.38 Å². The van der Waals surface area contributed by atoms with Gasteiger partial charge in [-0.15, -0.1) is 11.3 Å². The standard InChI is InChI=1S/C23H24N4O2S/c1-13-10-15(3)19(11-14(13)2)20-12-30-23(26-20)27-21(28)16-4-6-17(7-5-16)24-22(29)25-18-8-9-18/h4-7,10-12,18H,8-9H2,1-3H3,(H2,24,25,29)(H,26,27,28). The summed E-state index contributed by atoms with van der Waals surface area (Å²) < 4.78 is 0. The molecule has 3 aromatic rings. The van der Waals surface area contributed by atoms with Gasteiger partial charge < -0.3 is 10.6 Å². The van der Waals surface area contributed by atoms with Crippen molar-refractivity contribution in [1.82, 2.24) is 10.3 Å². The number of carbonyl (C=O) groups is 2. The Bertz CT molecular complexity index is 1100. The second-order valence-corrected chi connectivity index (χ2v) is 8.55. The molecule has 4 rings (SSSR count). The van der Waals surface area contributed by atoms with Crippen molar-refractivity contribution in [2.45, 2.75) is 39.7 Å². The predicted octanol–water partition coefficient (Wildman–Crippen LogP) is 5.27. The molecular weight excluding hydrogens is 396 g/mol. The zero-order valence-corrected chi connectivity index (χ0v) is 18.0. The van der Waals surface area contributed by atoms with Crippen LogP contribution in [-0.4, -0.2) is 23.0 Å². The lowest BCUT2D eigenvalue weighted by Gasteiger charge is -2.08. The monoisotopic (exact) mass is 420 g/mol. The minimum atomic E-state index is -0.235. The largest absolute Gasteiger partial charge is 0.335 e. The molecule has 0 atom stereocenters. The third-order valence-electron chi connectivity index (χ3n) is 5.16. The quantitative estimate of drug-likeness (QED) is 0.526.